The summed E-state index contributed by atoms with van der Waals surface area (Å²) < 4.78 is 0. The van der Waals surface area contributed by atoms with Crippen molar-refractivity contribution in [2.75, 3.05) is 13.6 Å². The molecule has 0 atom stereocenters. The molecule has 1 aromatic heterocycles. The van der Waals surface area contributed by atoms with Crippen molar-refractivity contribution >= 4 is 17.2 Å². The maximum atomic E-state index is 11.4. The molecule has 3 nitrogen and oxygen atoms in total. The van der Waals surface area contributed by atoms with Crippen LogP contribution >= 0.6 is 11.3 Å². The zero-order valence-corrected chi connectivity index (χ0v) is 10.1. The maximum absolute atomic E-state index is 11.4. The maximum Gasteiger partial charge on any atom is 0.220 e. The van der Waals surface area contributed by atoms with Crippen LogP contribution in [-0.2, 0) is 11.3 Å². The van der Waals surface area contributed by atoms with Crippen molar-refractivity contribution < 1.29 is 4.79 Å². The Bertz CT molecular complexity index is 309. The lowest BCUT2D eigenvalue weighted by Crippen LogP contribution is -2.23. The van der Waals surface area contributed by atoms with Gasteiger partial charge < -0.3 is 10.6 Å². The van der Waals surface area contributed by atoms with Gasteiger partial charge >= 0.3 is 0 Å². The van der Waals surface area contributed by atoms with Gasteiger partial charge in [-0.1, -0.05) is 0 Å². The highest BCUT2D eigenvalue weighted by atomic mass is 32.1. The van der Waals surface area contributed by atoms with E-state index < -0.39 is 0 Å². The summed E-state index contributed by atoms with van der Waals surface area (Å²) in [6, 6.07) is 0. The first kappa shape index (κ1) is 12.2. The second-order valence-electron chi connectivity index (χ2n) is 3.56. The van der Waals surface area contributed by atoms with E-state index in [2.05, 4.69) is 28.3 Å². The molecule has 1 aromatic rings. The molecule has 0 aromatic carbocycles. The number of thiophene rings is 1. The summed E-state index contributed by atoms with van der Waals surface area (Å²) >= 11 is 1.68. The molecule has 0 aliphatic carbocycles. The summed E-state index contributed by atoms with van der Waals surface area (Å²) in [6.07, 6.45) is 1.50. The molecule has 0 aliphatic heterocycles. The van der Waals surface area contributed by atoms with Crippen LogP contribution in [0.4, 0.5) is 0 Å². The Morgan fingerprint density at radius 1 is 1.47 bits per heavy atom. The van der Waals surface area contributed by atoms with E-state index in [-0.39, 0.29) is 5.91 Å². The lowest BCUT2D eigenvalue weighted by atomic mass is 10.2. The lowest BCUT2D eigenvalue weighted by molar-refractivity contribution is -0.121. The molecule has 0 radical (unpaired) electrons. The molecule has 0 bridgehead atoms. The Hall–Kier alpha value is -0.870. The van der Waals surface area contributed by atoms with Crippen LogP contribution in [0.25, 0.3) is 0 Å². The molecule has 1 heterocycles. The van der Waals surface area contributed by atoms with E-state index in [0.717, 1.165) is 13.0 Å². The normalized spacial score (nSPS) is 10.3. The molecule has 2 N–H and O–H groups in total. The Morgan fingerprint density at radius 2 is 2.27 bits per heavy atom. The predicted octanol–water partition coefficient (Wildman–Crippen LogP) is 1.67. The van der Waals surface area contributed by atoms with Crippen molar-refractivity contribution in [1.29, 1.82) is 0 Å². The molecule has 0 saturated carbocycles. The van der Waals surface area contributed by atoms with E-state index in [4.69, 9.17) is 0 Å². The summed E-state index contributed by atoms with van der Waals surface area (Å²) in [4.78, 5) is 11.4. The quantitative estimate of drug-likeness (QED) is 0.725. The highest BCUT2D eigenvalue weighted by molar-refractivity contribution is 7.08. The van der Waals surface area contributed by atoms with Gasteiger partial charge in [0.05, 0.1) is 0 Å². The first-order chi connectivity index (χ1) is 7.24. The standard InChI is InChI=1S/C11H18N2OS/c1-9-7-15-8-10(9)6-13-11(14)4-3-5-12-2/h7-8,12H,3-6H2,1-2H3,(H,13,14). The van der Waals surface area contributed by atoms with Gasteiger partial charge in [-0.15, -0.1) is 0 Å². The van der Waals surface area contributed by atoms with Gasteiger partial charge in [0.1, 0.15) is 0 Å². The summed E-state index contributed by atoms with van der Waals surface area (Å²) in [5.74, 6) is 0.135. The first-order valence-electron chi connectivity index (χ1n) is 5.17. The molecule has 0 saturated heterocycles. The number of hydrogen-bond donors (Lipinski definition) is 2. The molecule has 0 fully saturated rings. The number of carbonyl (C=O) groups is 1. The molecule has 4 heteroatoms. The first-order valence-corrected chi connectivity index (χ1v) is 6.11. The topological polar surface area (TPSA) is 41.1 Å². The van der Waals surface area contributed by atoms with Crippen LogP contribution in [0.5, 0.6) is 0 Å². The van der Waals surface area contributed by atoms with Gasteiger partial charge in [0.25, 0.3) is 0 Å². The van der Waals surface area contributed by atoms with E-state index in [0.29, 0.717) is 13.0 Å². The molecule has 0 spiro atoms. The largest absolute Gasteiger partial charge is 0.352 e. The SMILES string of the molecule is CNCCCC(=O)NCc1cscc1C. The monoisotopic (exact) mass is 226 g/mol. The Kier molecular flexibility index (Phi) is 5.36. The van der Waals surface area contributed by atoms with Crippen molar-refractivity contribution in [2.45, 2.75) is 26.3 Å². The van der Waals surface area contributed by atoms with Gasteiger partial charge in [-0.25, -0.2) is 0 Å². The zero-order valence-electron chi connectivity index (χ0n) is 9.30. The Balaban J connectivity index is 2.20. The molecule has 1 rings (SSSR count). The highest BCUT2D eigenvalue weighted by Crippen LogP contribution is 2.12. The highest BCUT2D eigenvalue weighted by Gasteiger charge is 2.02. The second-order valence-corrected chi connectivity index (χ2v) is 4.31. The molecule has 0 aliphatic rings. The van der Waals surface area contributed by atoms with Gasteiger partial charge in [0.2, 0.25) is 5.91 Å². The predicted molar refractivity (Wildman–Crippen MR) is 64.1 cm³/mol. The van der Waals surface area contributed by atoms with Gasteiger partial charge in [0, 0.05) is 13.0 Å². The van der Waals surface area contributed by atoms with Crippen LogP contribution in [0.2, 0.25) is 0 Å². The fourth-order valence-corrected chi connectivity index (χ4v) is 2.13. The van der Waals surface area contributed by atoms with Crippen LogP contribution in [0.3, 0.4) is 0 Å². The minimum atomic E-state index is 0.135. The van der Waals surface area contributed by atoms with Crippen LogP contribution in [0.1, 0.15) is 24.0 Å². The summed E-state index contributed by atoms with van der Waals surface area (Å²) in [5, 5.41) is 10.1. The Morgan fingerprint density at radius 3 is 2.87 bits per heavy atom. The second kappa shape index (κ2) is 6.58. The van der Waals surface area contributed by atoms with Gasteiger partial charge in [-0.05, 0) is 48.8 Å². The number of nitrogens with one attached hydrogen (secondary N) is 2. The average molecular weight is 226 g/mol. The van der Waals surface area contributed by atoms with Gasteiger partial charge in [-0.3, -0.25) is 4.79 Å². The summed E-state index contributed by atoms with van der Waals surface area (Å²) in [7, 11) is 1.90. The van der Waals surface area contributed by atoms with Crippen molar-refractivity contribution in [3.8, 4) is 0 Å². The van der Waals surface area contributed by atoms with Crippen LogP contribution in [-0.4, -0.2) is 19.5 Å². The zero-order chi connectivity index (χ0) is 11.1. The number of carbonyl (C=O) groups excluding carboxylic acids is 1. The summed E-state index contributed by atoms with van der Waals surface area (Å²) in [5.41, 5.74) is 2.48. The fourth-order valence-electron chi connectivity index (χ4n) is 1.28. The molecular weight excluding hydrogens is 208 g/mol. The van der Waals surface area contributed by atoms with Gasteiger partial charge in [-0.2, -0.15) is 11.3 Å². The third-order valence-electron chi connectivity index (χ3n) is 2.27. The minimum absolute atomic E-state index is 0.135. The van der Waals surface area contributed by atoms with Crippen molar-refractivity contribution in [2.24, 2.45) is 0 Å². The molecule has 15 heavy (non-hydrogen) atoms. The molecule has 0 unspecified atom stereocenters. The van der Waals surface area contributed by atoms with E-state index >= 15 is 0 Å². The van der Waals surface area contributed by atoms with Crippen LogP contribution in [0.15, 0.2) is 10.8 Å². The van der Waals surface area contributed by atoms with Crippen LogP contribution < -0.4 is 10.6 Å². The van der Waals surface area contributed by atoms with Crippen molar-refractivity contribution in [1.82, 2.24) is 10.6 Å². The fraction of sp³-hybridized carbons (Fsp3) is 0.545. The van der Waals surface area contributed by atoms with Crippen molar-refractivity contribution in [3.63, 3.8) is 0 Å². The smallest absolute Gasteiger partial charge is 0.220 e. The van der Waals surface area contributed by atoms with Gasteiger partial charge in [0.15, 0.2) is 0 Å². The van der Waals surface area contributed by atoms with E-state index in [9.17, 15) is 4.79 Å². The van der Waals surface area contributed by atoms with E-state index in [1.54, 1.807) is 11.3 Å². The molecular formula is C11H18N2OS. The van der Waals surface area contributed by atoms with Crippen LogP contribution in [0, 0.1) is 6.92 Å². The third-order valence-corrected chi connectivity index (χ3v) is 3.18. The summed E-state index contributed by atoms with van der Waals surface area (Å²) in [6.45, 7) is 3.62. The van der Waals surface area contributed by atoms with E-state index in [1.165, 1.54) is 11.1 Å². The Labute approximate surface area is 94.9 Å². The lowest BCUT2D eigenvalue weighted by Gasteiger charge is -2.04. The van der Waals surface area contributed by atoms with E-state index in [1.807, 2.05) is 7.05 Å². The average Bonchev–Trinajstić information content (AvgIpc) is 2.61. The minimum Gasteiger partial charge on any atom is -0.352 e. The number of hydrogen-bond acceptors (Lipinski definition) is 3. The number of rotatable bonds is 6. The number of amides is 1. The number of aryl methyl sites for hydroxylation is 1. The third kappa shape index (κ3) is 4.44. The molecule has 84 valence electrons. The molecule has 1 amide bonds. The van der Waals surface area contributed by atoms with Crippen molar-refractivity contribution in [3.05, 3.63) is 21.9 Å².